The number of carbonyl (C=O) groups is 2. The molecule has 2 atom stereocenters. The predicted molar refractivity (Wildman–Crippen MR) is 131 cm³/mol. The molecule has 2 aromatic rings. The highest BCUT2D eigenvalue weighted by molar-refractivity contribution is 9.11. The quantitative estimate of drug-likeness (QED) is 0.344. The van der Waals surface area contributed by atoms with Crippen LogP contribution in [0.25, 0.3) is 0 Å². The summed E-state index contributed by atoms with van der Waals surface area (Å²) < 4.78 is 14.1. The standard InChI is InChI=1S/C21H20Br4O6/c1-21(2,19-15(22)3-13(4-16(19)23)30-9-11(28)7-26)20-17(24)5-14(6-18(20)25)31-10-12(29)8-27/h3-8,11-12,28-29H,9-10H2,1-2H3. The number of hydrogen-bond acceptors (Lipinski definition) is 6. The monoisotopic (exact) mass is 684 g/mol. The average molecular weight is 688 g/mol. The topological polar surface area (TPSA) is 93.1 Å². The Kier molecular flexibility index (Phi) is 9.72. The van der Waals surface area contributed by atoms with E-state index in [-0.39, 0.29) is 13.2 Å². The third kappa shape index (κ3) is 6.61. The molecule has 0 aliphatic heterocycles. The first-order valence-corrected chi connectivity index (χ1v) is 12.2. The highest BCUT2D eigenvalue weighted by Gasteiger charge is 2.32. The third-order valence-electron chi connectivity index (χ3n) is 4.44. The average Bonchev–Trinajstić information content (AvgIpc) is 2.68. The number of benzene rings is 2. The van der Waals surface area contributed by atoms with E-state index >= 15 is 0 Å². The summed E-state index contributed by atoms with van der Waals surface area (Å²) in [5, 5.41) is 18.8. The second-order valence-electron chi connectivity index (χ2n) is 7.18. The molecule has 0 aromatic heterocycles. The molecule has 0 saturated carbocycles. The van der Waals surface area contributed by atoms with Crippen LogP contribution in [0.4, 0.5) is 0 Å². The van der Waals surface area contributed by atoms with Crippen molar-refractivity contribution < 1.29 is 29.3 Å². The third-order valence-corrected chi connectivity index (χ3v) is 6.94. The van der Waals surface area contributed by atoms with E-state index in [0.717, 1.165) is 29.0 Å². The summed E-state index contributed by atoms with van der Waals surface area (Å²) in [5.41, 5.74) is 1.39. The molecule has 0 spiro atoms. The van der Waals surface area contributed by atoms with Gasteiger partial charge in [-0.05, 0) is 35.4 Å². The van der Waals surface area contributed by atoms with E-state index in [9.17, 15) is 19.8 Å². The number of aldehydes is 2. The van der Waals surface area contributed by atoms with E-state index in [1.165, 1.54) is 0 Å². The molecule has 0 heterocycles. The maximum absolute atomic E-state index is 10.6. The Morgan fingerprint density at radius 3 is 1.32 bits per heavy atom. The number of aliphatic hydroxyl groups is 2. The second kappa shape index (κ2) is 11.4. The fourth-order valence-corrected chi connectivity index (χ4v) is 7.30. The molecule has 0 amide bonds. The largest absolute Gasteiger partial charge is 0.490 e. The Morgan fingerprint density at radius 1 is 0.774 bits per heavy atom. The minimum absolute atomic E-state index is 0.136. The summed E-state index contributed by atoms with van der Waals surface area (Å²) >= 11 is 14.4. The number of aliphatic hydroxyl groups excluding tert-OH is 2. The first kappa shape index (κ1) is 26.5. The van der Waals surface area contributed by atoms with Crippen molar-refractivity contribution in [1.82, 2.24) is 0 Å². The van der Waals surface area contributed by atoms with Crippen molar-refractivity contribution in [2.24, 2.45) is 0 Å². The number of carbonyl (C=O) groups excluding carboxylic acids is 2. The fraction of sp³-hybridized carbons (Fsp3) is 0.333. The van der Waals surface area contributed by atoms with Crippen LogP contribution in [0.15, 0.2) is 42.2 Å². The lowest BCUT2D eigenvalue weighted by molar-refractivity contribution is -0.116. The summed E-state index contributed by atoms with van der Waals surface area (Å²) in [7, 11) is 0. The van der Waals surface area contributed by atoms with Gasteiger partial charge in [-0.3, -0.25) is 0 Å². The van der Waals surface area contributed by atoms with Crippen LogP contribution in [-0.4, -0.2) is 48.2 Å². The Balaban J connectivity index is 2.40. The van der Waals surface area contributed by atoms with E-state index in [1.807, 2.05) is 0 Å². The van der Waals surface area contributed by atoms with Gasteiger partial charge in [-0.1, -0.05) is 77.6 Å². The van der Waals surface area contributed by atoms with Crippen molar-refractivity contribution in [3.8, 4) is 11.5 Å². The Labute approximate surface area is 213 Å². The molecule has 0 aliphatic rings. The van der Waals surface area contributed by atoms with Gasteiger partial charge < -0.3 is 29.3 Å². The molecular formula is C21H20Br4O6. The molecule has 2 unspecified atom stereocenters. The van der Waals surface area contributed by atoms with Gasteiger partial charge in [0.05, 0.1) is 0 Å². The van der Waals surface area contributed by atoms with Gasteiger partial charge in [-0.2, -0.15) is 0 Å². The second-order valence-corrected chi connectivity index (χ2v) is 10.6. The first-order valence-electron chi connectivity index (χ1n) is 9.02. The van der Waals surface area contributed by atoms with Gasteiger partial charge in [-0.25, -0.2) is 0 Å². The smallest absolute Gasteiger partial charge is 0.151 e. The van der Waals surface area contributed by atoms with Crippen LogP contribution in [0.2, 0.25) is 0 Å². The molecule has 168 valence electrons. The maximum Gasteiger partial charge on any atom is 0.151 e. The Morgan fingerprint density at radius 2 is 1.06 bits per heavy atom. The molecule has 0 radical (unpaired) electrons. The maximum atomic E-state index is 10.6. The Hall–Kier alpha value is -0.780. The number of halogens is 4. The normalized spacial score (nSPS) is 13.4. The molecular weight excluding hydrogens is 668 g/mol. The molecule has 2 N–H and O–H groups in total. The predicted octanol–water partition coefficient (Wildman–Crippen LogP) is 4.94. The highest BCUT2D eigenvalue weighted by atomic mass is 79.9. The van der Waals surface area contributed by atoms with E-state index in [4.69, 9.17) is 9.47 Å². The minimum Gasteiger partial charge on any atom is -0.490 e. The summed E-state index contributed by atoms with van der Waals surface area (Å²) in [6, 6.07) is 7.11. The van der Waals surface area contributed by atoms with Crippen LogP contribution in [0.1, 0.15) is 25.0 Å². The molecule has 0 saturated heterocycles. The van der Waals surface area contributed by atoms with Gasteiger partial charge in [-0.15, -0.1) is 0 Å². The van der Waals surface area contributed by atoms with Crippen LogP contribution in [0.3, 0.4) is 0 Å². The van der Waals surface area contributed by atoms with Crippen molar-refractivity contribution in [3.63, 3.8) is 0 Å². The van der Waals surface area contributed by atoms with Crippen molar-refractivity contribution in [1.29, 1.82) is 0 Å². The molecule has 0 bridgehead atoms. The molecule has 0 fully saturated rings. The van der Waals surface area contributed by atoms with E-state index in [2.05, 4.69) is 77.6 Å². The van der Waals surface area contributed by atoms with Crippen LogP contribution < -0.4 is 9.47 Å². The highest BCUT2D eigenvalue weighted by Crippen LogP contribution is 2.47. The van der Waals surface area contributed by atoms with Crippen molar-refractivity contribution >= 4 is 76.3 Å². The summed E-state index contributed by atoms with van der Waals surface area (Å²) in [5.74, 6) is 0.990. The van der Waals surface area contributed by atoms with Gasteiger partial charge in [0.2, 0.25) is 0 Å². The lowest BCUT2D eigenvalue weighted by Gasteiger charge is -2.31. The zero-order chi connectivity index (χ0) is 23.3. The number of hydrogen-bond donors (Lipinski definition) is 2. The van der Waals surface area contributed by atoms with Gasteiger partial charge in [0.15, 0.2) is 12.6 Å². The van der Waals surface area contributed by atoms with Crippen molar-refractivity contribution in [3.05, 3.63) is 53.3 Å². The fourth-order valence-electron chi connectivity index (χ4n) is 3.03. The molecule has 2 rings (SSSR count). The van der Waals surface area contributed by atoms with Crippen molar-refractivity contribution in [2.75, 3.05) is 13.2 Å². The molecule has 6 nitrogen and oxygen atoms in total. The lowest BCUT2D eigenvalue weighted by atomic mass is 9.78. The number of ether oxygens (including phenoxy) is 2. The van der Waals surface area contributed by atoms with Gasteiger partial charge in [0, 0.05) is 23.3 Å². The van der Waals surface area contributed by atoms with E-state index in [1.54, 1.807) is 24.3 Å². The summed E-state index contributed by atoms with van der Waals surface area (Å²) in [4.78, 5) is 21.2. The van der Waals surface area contributed by atoms with Gasteiger partial charge in [0.25, 0.3) is 0 Å². The Bertz CT molecular complexity index is 841. The minimum atomic E-state index is -1.19. The van der Waals surface area contributed by atoms with E-state index < -0.39 is 17.6 Å². The van der Waals surface area contributed by atoms with E-state index in [0.29, 0.717) is 24.1 Å². The SMILES string of the molecule is CC(C)(c1c(Br)cc(OCC(O)C=O)cc1Br)c1c(Br)cc(OCC(O)C=O)cc1Br. The molecule has 31 heavy (non-hydrogen) atoms. The van der Waals surface area contributed by atoms with Crippen LogP contribution in [-0.2, 0) is 15.0 Å². The van der Waals surface area contributed by atoms with Gasteiger partial charge in [0.1, 0.15) is 36.9 Å². The first-order chi connectivity index (χ1) is 14.5. The van der Waals surface area contributed by atoms with Crippen LogP contribution >= 0.6 is 63.7 Å². The van der Waals surface area contributed by atoms with Gasteiger partial charge >= 0.3 is 0 Å². The zero-order valence-corrected chi connectivity index (χ0v) is 22.9. The lowest BCUT2D eigenvalue weighted by Crippen LogP contribution is -2.23. The van der Waals surface area contributed by atoms with Crippen molar-refractivity contribution in [2.45, 2.75) is 31.5 Å². The molecule has 2 aromatic carbocycles. The van der Waals surface area contributed by atoms with Crippen LogP contribution in [0.5, 0.6) is 11.5 Å². The molecule has 0 aliphatic carbocycles. The summed E-state index contributed by atoms with van der Waals surface area (Å²) in [6.07, 6.45) is -1.53. The van der Waals surface area contributed by atoms with Crippen LogP contribution in [0, 0.1) is 0 Å². The zero-order valence-electron chi connectivity index (χ0n) is 16.6. The molecule has 10 heteroatoms. The summed E-state index contributed by atoms with van der Waals surface area (Å²) in [6.45, 7) is 3.83. The number of rotatable bonds is 10.